The molecule has 0 saturated carbocycles. The van der Waals surface area contributed by atoms with E-state index in [2.05, 4.69) is 0 Å². The van der Waals surface area contributed by atoms with Crippen molar-refractivity contribution >= 4 is 11.8 Å². The molecule has 6 nitrogen and oxygen atoms in total. The minimum Gasteiger partial charge on any atom is -0.493 e. The molecule has 1 N–H and O–H groups in total. The fraction of sp³-hybridized carbons (Fsp3) is 0.385. The lowest BCUT2D eigenvalue weighted by molar-refractivity contribution is -0.149. The Morgan fingerprint density at radius 3 is 2.53 bits per heavy atom. The highest BCUT2D eigenvalue weighted by Crippen LogP contribution is 2.32. The number of hydrogen-bond donors (Lipinski definition) is 1. The molecule has 2 rings (SSSR count). The monoisotopic (exact) mass is 266 g/mol. The van der Waals surface area contributed by atoms with Crippen LogP contribution < -0.4 is 9.47 Å². The molecule has 0 bridgehead atoms. The fourth-order valence-electron chi connectivity index (χ4n) is 2.02. The lowest BCUT2D eigenvalue weighted by atomic mass is 9.99. The van der Waals surface area contributed by atoms with Crippen LogP contribution in [0.5, 0.6) is 11.5 Å². The Labute approximate surface area is 109 Å². The average molecular weight is 266 g/mol. The van der Waals surface area contributed by atoms with Crippen molar-refractivity contribution in [1.82, 2.24) is 0 Å². The zero-order chi connectivity index (χ0) is 14.0. The van der Waals surface area contributed by atoms with Crippen LogP contribution in [0.25, 0.3) is 0 Å². The van der Waals surface area contributed by atoms with Crippen molar-refractivity contribution < 1.29 is 28.9 Å². The van der Waals surface area contributed by atoms with Crippen molar-refractivity contribution in [2.75, 3.05) is 20.8 Å². The molecular formula is C13H14O6. The van der Waals surface area contributed by atoms with Gasteiger partial charge >= 0.3 is 5.97 Å². The molecule has 6 heteroatoms. The number of carbonyl (C=O) groups excluding carboxylic acids is 1. The van der Waals surface area contributed by atoms with Crippen molar-refractivity contribution in [1.29, 1.82) is 0 Å². The molecule has 1 aliphatic heterocycles. The number of hydrogen-bond acceptors (Lipinski definition) is 5. The van der Waals surface area contributed by atoms with Crippen LogP contribution in [0.3, 0.4) is 0 Å². The predicted molar refractivity (Wildman–Crippen MR) is 65.0 cm³/mol. The zero-order valence-electron chi connectivity index (χ0n) is 10.6. The Morgan fingerprint density at radius 2 is 1.95 bits per heavy atom. The van der Waals surface area contributed by atoms with Crippen LogP contribution in [0.1, 0.15) is 15.9 Å². The quantitative estimate of drug-likeness (QED) is 0.875. The molecule has 19 heavy (non-hydrogen) atoms. The molecule has 1 aromatic carbocycles. The smallest absolute Gasteiger partial charge is 0.333 e. The van der Waals surface area contributed by atoms with E-state index in [1.54, 1.807) is 12.1 Å². The summed E-state index contributed by atoms with van der Waals surface area (Å²) in [5.41, 5.74) is 1.01. The van der Waals surface area contributed by atoms with Gasteiger partial charge in [-0.1, -0.05) is 0 Å². The molecule has 1 unspecified atom stereocenters. The Bertz CT molecular complexity index is 522. The van der Waals surface area contributed by atoms with Gasteiger partial charge in [-0.05, 0) is 17.7 Å². The minimum absolute atomic E-state index is 0.122. The summed E-state index contributed by atoms with van der Waals surface area (Å²) >= 11 is 0. The van der Waals surface area contributed by atoms with Crippen LogP contribution in [0.4, 0.5) is 0 Å². The molecule has 0 amide bonds. The number of fused-ring (bicyclic) bond motifs is 1. The third kappa shape index (κ3) is 2.53. The van der Waals surface area contributed by atoms with Crippen molar-refractivity contribution in [2.24, 2.45) is 0 Å². The van der Waals surface area contributed by atoms with Gasteiger partial charge in [0.2, 0.25) is 0 Å². The first-order chi connectivity index (χ1) is 9.06. The number of carbonyl (C=O) groups is 2. The summed E-state index contributed by atoms with van der Waals surface area (Å²) in [5, 5.41) is 9.01. The van der Waals surface area contributed by atoms with E-state index in [1.807, 2.05) is 0 Å². The van der Waals surface area contributed by atoms with Crippen LogP contribution in [0.15, 0.2) is 12.1 Å². The molecule has 1 aliphatic rings. The number of ketones is 1. The Kier molecular flexibility index (Phi) is 3.71. The van der Waals surface area contributed by atoms with Crippen molar-refractivity contribution in [2.45, 2.75) is 12.5 Å². The zero-order valence-corrected chi connectivity index (χ0v) is 10.6. The molecule has 102 valence electrons. The first-order valence-electron chi connectivity index (χ1n) is 5.69. The number of Topliss-reactive ketones (excluding diaryl/α,β-unsaturated/α-hetero) is 1. The average Bonchev–Trinajstić information content (AvgIpc) is 2.56. The highest BCUT2D eigenvalue weighted by molar-refractivity contribution is 6.00. The number of rotatable bonds is 3. The van der Waals surface area contributed by atoms with Gasteiger partial charge in [-0.3, -0.25) is 4.79 Å². The lowest BCUT2D eigenvalue weighted by Crippen LogP contribution is -2.26. The normalized spacial score (nSPS) is 18.4. The summed E-state index contributed by atoms with van der Waals surface area (Å²) < 4.78 is 15.4. The third-order valence-electron chi connectivity index (χ3n) is 3.01. The van der Waals surface area contributed by atoms with Gasteiger partial charge in [-0.25, -0.2) is 4.79 Å². The van der Waals surface area contributed by atoms with Crippen LogP contribution in [-0.2, 0) is 16.0 Å². The SMILES string of the molecule is COc1cc2c(cc1OC)C(=O)COC(C(=O)O)C2. The molecule has 0 radical (unpaired) electrons. The topological polar surface area (TPSA) is 82.1 Å². The number of ether oxygens (including phenoxy) is 3. The van der Waals surface area contributed by atoms with Gasteiger partial charge in [0.25, 0.3) is 0 Å². The van der Waals surface area contributed by atoms with Gasteiger partial charge < -0.3 is 19.3 Å². The van der Waals surface area contributed by atoms with E-state index in [0.29, 0.717) is 22.6 Å². The van der Waals surface area contributed by atoms with Crippen molar-refractivity contribution in [3.05, 3.63) is 23.3 Å². The summed E-state index contributed by atoms with van der Waals surface area (Å²) in [6.07, 6.45) is -0.903. The summed E-state index contributed by atoms with van der Waals surface area (Å²) in [5.74, 6) is -0.460. The first kappa shape index (κ1) is 13.4. The fourth-order valence-corrected chi connectivity index (χ4v) is 2.02. The van der Waals surface area contributed by atoms with Crippen LogP contribution in [0.2, 0.25) is 0 Å². The number of carboxylic acids is 1. The summed E-state index contributed by atoms with van der Waals surface area (Å²) in [6.45, 7) is -0.251. The largest absolute Gasteiger partial charge is 0.493 e. The van der Waals surface area contributed by atoms with E-state index in [-0.39, 0.29) is 18.8 Å². The lowest BCUT2D eigenvalue weighted by Gasteiger charge is -2.13. The highest BCUT2D eigenvalue weighted by Gasteiger charge is 2.28. The van der Waals surface area contributed by atoms with E-state index in [0.717, 1.165) is 0 Å². The van der Waals surface area contributed by atoms with Crippen molar-refractivity contribution in [3.8, 4) is 11.5 Å². The van der Waals surface area contributed by atoms with E-state index in [1.165, 1.54) is 14.2 Å². The molecule has 1 heterocycles. The van der Waals surface area contributed by atoms with Crippen LogP contribution in [0, 0.1) is 0 Å². The van der Waals surface area contributed by atoms with Gasteiger partial charge in [0.05, 0.1) is 14.2 Å². The molecule has 0 spiro atoms. The number of carboxylic acid groups (broad SMARTS) is 1. The molecule has 0 aliphatic carbocycles. The van der Waals surface area contributed by atoms with E-state index in [4.69, 9.17) is 19.3 Å². The van der Waals surface area contributed by atoms with Crippen molar-refractivity contribution in [3.63, 3.8) is 0 Å². The van der Waals surface area contributed by atoms with E-state index < -0.39 is 12.1 Å². The van der Waals surface area contributed by atoms with Crippen LogP contribution in [-0.4, -0.2) is 43.8 Å². The summed E-state index contributed by atoms with van der Waals surface area (Å²) in [4.78, 5) is 22.9. The maximum absolute atomic E-state index is 11.9. The Hall–Kier alpha value is -2.08. The minimum atomic E-state index is -1.09. The molecule has 0 saturated heterocycles. The molecule has 1 aromatic rings. The standard InChI is InChI=1S/C13H14O6/c1-17-10-3-7-4-12(13(15)16)19-6-9(14)8(7)5-11(10)18-2/h3,5,12H,4,6H2,1-2H3,(H,15,16). The van der Waals surface area contributed by atoms with Gasteiger partial charge in [-0.15, -0.1) is 0 Å². The maximum Gasteiger partial charge on any atom is 0.333 e. The summed E-state index contributed by atoms with van der Waals surface area (Å²) in [6, 6.07) is 3.18. The van der Waals surface area contributed by atoms with Gasteiger partial charge in [-0.2, -0.15) is 0 Å². The van der Waals surface area contributed by atoms with E-state index in [9.17, 15) is 9.59 Å². The number of benzene rings is 1. The molecule has 1 atom stereocenters. The van der Waals surface area contributed by atoms with Crippen LogP contribution >= 0.6 is 0 Å². The summed E-state index contributed by atoms with van der Waals surface area (Å²) in [7, 11) is 2.95. The Morgan fingerprint density at radius 1 is 1.32 bits per heavy atom. The second-order valence-electron chi connectivity index (χ2n) is 4.13. The van der Waals surface area contributed by atoms with Gasteiger partial charge in [0, 0.05) is 12.0 Å². The van der Waals surface area contributed by atoms with Gasteiger partial charge in [0.15, 0.2) is 23.4 Å². The maximum atomic E-state index is 11.9. The molecule has 0 aromatic heterocycles. The Balaban J connectivity index is 2.49. The number of aliphatic carboxylic acids is 1. The highest BCUT2D eigenvalue weighted by atomic mass is 16.5. The van der Waals surface area contributed by atoms with E-state index >= 15 is 0 Å². The predicted octanol–water partition coefficient (Wildman–Crippen LogP) is 0.912. The second-order valence-corrected chi connectivity index (χ2v) is 4.13. The first-order valence-corrected chi connectivity index (χ1v) is 5.69. The second kappa shape index (κ2) is 5.27. The molecule has 0 fully saturated rings. The molecular weight excluding hydrogens is 252 g/mol. The third-order valence-corrected chi connectivity index (χ3v) is 3.01. The number of methoxy groups -OCH3 is 2. The van der Waals surface area contributed by atoms with Gasteiger partial charge in [0.1, 0.15) is 6.61 Å².